The predicted molar refractivity (Wildman–Crippen MR) is 99.3 cm³/mol. The topological polar surface area (TPSA) is 29.1 Å². The molecule has 1 unspecified atom stereocenters. The Morgan fingerprint density at radius 3 is 2.58 bits per heavy atom. The molecule has 1 aliphatic carbocycles. The van der Waals surface area contributed by atoms with Gasteiger partial charge in [-0.05, 0) is 36.5 Å². The van der Waals surface area contributed by atoms with Crippen LogP contribution in [0.3, 0.4) is 0 Å². The second-order valence-electron chi connectivity index (χ2n) is 7.05. The quantitative estimate of drug-likeness (QED) is 0.876. The molecule has 1 N–H and O–H groups in total. The van der Waals surface area contributed by atoms with E-state index in [0.717, 1.165) is 31.6 Å². The molecule has 2 aliphatic rings. The van der Waals surface area contributed by atoms with Gasteiger partial charge in [-0.25, -0.2) is 0 Å². The predicted octanol–water partition coefficient (Wildman–Crippen LogP) is 4.41. The molecular weight excluding hydrogens is 314 g/mol. The van der Waals surface area contributed by atoms with E-state index in [1.165, 1.54) is 22.4 Å². The molecule has 124 valence electrons. The minimum atomic E-state index is -0.174. The Hall–Kier alpha value is -1.74. The van der Waals surface area contributed by atoms with Crippen molar-refractivity contribution >= 4 is 17.7 Å². The van der Waals surface area contributed by atoms with Crippen LogP contribution in [0.2, 0.25) is 0 Å². The van der Waals surface area contributed by atoms with E-state index in [1.54, 1.807) is 0 Å². The highest BCUT2D eigenvalue weighted by atomic mass is 32.2. The van der Waals surface area contributed by atoms with Gasteiger partial charge in [0.25, 0.3) is 0 Å². The maximum Gasteiger partial charge on any atom is 0.226 e. The van der Waals surface area contributed by atoms with Crippen molar-refractivity contribution in [1.29, 1.82) is 0 Å². The first-order valence-corrected chi connectivity index (χ1v) is 9.79. The highest BCUT2D eigenvalue weighted by Gasteiger charge is 2.44. The summed E-state index contributed by atoms with van der Waals surface area (Å²) in [5.74, 6) is 1.78. The summed E-state index contributed by atoms with van der Waals surface area (Å²) in [5, 5.41) is 3.28. The van der Waals surface area contributed by atoms with Gasteiger partial charge in [-0.2, -0.15) is 0 Å². The number of thioether (sulfide) groups is 1. The lowest BCUT2D eigenvalue weighted by molar-refractivity contribution is -0.136. The van der Waals surface area contributed by atoms with Gasteiger partial charge >= 0.3 is 0 Å². The third-order valence-corrected chi connectivity index (χ3v) is 6.74. The Kier molecular flexibility index (Phi) is 4.36. The summed E-state index contributed by atoms with van der Waals surface area (Å²) in [6, 6.07) is 19.0. The monoisotopic (exact) mass is 337 g/mol. The molecule has 1 amide bonds. The van der Waals surface area contributed by atoms with Crippen molar-refractivity contribution in [2.45, 2.75) is 36.5 Å². The molecule has 0 bridgehead atoms. The normalized spacial score (nSPS) is 20.9. The zero-order chi connectivity index (χ0) is 16.4. The van der Waals surface area contributed by atoms with Gasteiger partial charge in [0.1, 0.15) is 0 Å². The molecule has 1 atom stereocenters. The van der Waals surface area contributed by atoms with Crippen LogP contribution in [0.5, 0.6) is 0 Å². The van der Waals surface area contributed by atoms with Crippen LogP contribution in [0.25, 0.3) is 0 Å². The SMILES string of the molecule is O=C(NCC1CSc2ccccc21)C1(Cc2ccccc2)CCC1. The smallest absolute Gasteiger partial charge is 0.226 e. The van der Waals surface area contributed by atoms with Gasteiger partial charge in [0.15, 0.2) is 0 Å². The molecule has 3 heteroatoms. The zero-order valence-electron chi connectivity index (χ0n) is 13.8. The number of rotatable bonds is 5. The molecule has 1 saturated carbocycles. The molecule has 2 nitrogen and oxygen atoms in total. The van der Waals surface area contributed by atoms with Crippen LogP contribution >= 0.6 is 11.8 Å². The van der Waals surface area contributed by atoms with E-state index >= 15 is 0 Å². The van der Waals surface area contributed by atoms with Crippen molar-refractivity contribution < 1.29 is 4.79 Å². The summed E-state index contributed by atoms with van der Waals surface area (Å²) in [4.78, 5) is 14.3. The fourth-order valence-electron chi connectivity index (χ4n) is 3.88. The highest BCUT2D eigenvalue weighted by molar-refractivity contribution is 7.99. The van der Waals surface area contributed by atoms with E-state index in [-0.39, 0.29) is 11.3 Å². The van der Waals surface area contributed by atoms with Crippen molar-refractivity contribution in [3.8, 4) is 0 Å². The summed E-state index contributed by atoms with van der Waals surface area (Å²) >= 11 is 1.91. The minimum Gasteiger partial charge on any atom is -0.355 e. The van der Waals surface area contributed by atoms with Gasteiger partial charge in [-0.3, -0.25) is 4.79 Å². The lowest BCUT2D eigenvalue weighted by Gasteiger charge is -2.40. The van der Waals surface area contributed by atoms with E-state index in [2.05, 4.69) is 53.8 Å². The van der Waals surface area contributed by atoms with Crippen LogP contribution in [-0.4, -0.2) is 18.2 Å². The van der Waals surface area contributed by atoms with E-state index in [1.807, 2.05) is 17.8 Å². The second-order valence-corrected chi connectivity index (χ2v) is 8.11. The molecule has 0 saturated heterocycles. The summed E-state index contributed by atoms with van der Waals surface area (Å²) < 4.78 is 0. The molecule has 4 rings (SSSR count). The number of amides is 1. The van der Waals surface area contributed by atoms with Gasteiger partial charge < -0.3 is 5.32 Å². The Balaban J connectivity index is 1.40. The fourth-order valence-corrected chi connectivity index (χ4v) is 5.13. The molecular formula is C21H23NOS. The van der Waals surface area contributed by atoms with Crippen molar-refractivity contribution in [3.05, 3.63) is 65.7 Å². The highest BCUT2D eigenvalue weighted by Crippen LogP contribution is 2.44. The number of carbonyl (C=O) groups excluding carboxylic acids is 1. The van der Waals surface area contributed by atoms with Gasteiger partial charge in [-0.1, -0.05) is 55.0 Å². The van der Waals surface area contributed by atoms with Gasteiger partial charge in [-0.15, -0.1) is 11.8 Å². The number of nitrogens with one attached hydrogen (secondary N) is 1. The lowest BCUT2D eigenvalue weighted by atomic mass is 9.64. The van der Waals surface area contributed by atoms with E-state index in [4.69, 9.17) is 0 Å². The fraction of sp³-hybridized carbons (Fsp3) is 0.381. The van der Waals surface area contributed by atoms with Crippen LogP contribution in [-0.2, 0) is 11.2 Å². The zero-order valence-corrected chi connectivity index (χ0v) is 14.6. The average Bonchev–Trinajstić information content (AvgIpc) is 3.00. The second kappa shape index (κ2) is 6.64. The van der Waals surface area contributed by atoms with Crippen molar-refractivity contribution in [2.24, 2.45) is 5.41 Å². The summed E-state index contributed by atoms with van der Waals surface area (Å²) in [7, 11) is 0. The number of carbonyl (C=O) groups is 1. The molecule has 2 aromatic rings. The molecule has 0 radical (unpaired) electrons. The van der Waals surface area contributed by atoms with Crippen molar-refractivity contribution in [3.63, 3.8) is 0 Å². The van der Waals surface area contributed by atoms with Crippen LogP contribution in [0.15, 0.2) is 59.5 Å². The maximum atomic E-state index is 12.9. The number of hydrogen-bond acceptors (Lipinski definition) is 2. The number of hydrogen-bond donors (Lipinski definition) is 1. The van der Waals surface area contributed by atoms with Crippen LogP contribution in [0.1, 0.15) is 36.3 Å². The third kappa shape index (κ3) is 2.98. The standard InChI is InChI=1S/C21H23NOS/c23-20(21(11-6-12-21)13-16-7-2-1-3-8-16)22-14-17-15-24-19-10-5-4-9-18(17)19/h1-5,7-10,17H,6,11-15H2,(H,22,23). The molecule has 2 aromatic carbocycles. The minimum absolute atomic E-state index is 0.174. The van der Waals surface area contributed by atoms with Crippen LogP contribution in [0, 0.1) is 5.41 Å². The molecule has 1 fully saturated rings. The maximum absolute atomic E-state index is 12.9. The largest absolute Gasteiger partial charge is 0.355 e. The van der Waals surface area contributed by atoms with Gasteiger partial charge in [0.2, 0.25) is 5.91 Å². The van der Waals surface area contributed by atoms with E-state index < -0.39 is 0 Å². The Morgan fingerprint density at radius 2 is 1.83 bits per heavy atom. The first-order chi connectivity index (χ1) is 11.8. The first kappa shape index (κ1) is 15.8. The average molecular weight is 337 g/mol. The number of fused-ring (bicyclic) bond motifs is 1. The van der Waals surface area contributed by atoms with Crippen LogP contribution < -0.4 is 5.32 Å². The van der Waals surface area contributed by atoms with Crippen molar-refractivity contribution in [2.75, 3.05) is 12.3 Å². The lowest BCUT2D eigenvalue weighted by Crippen LogP contribution is -2.48. The Labute approximate surface area is 148 Å². The molecule has 0 aromatic heterocycles. The third-order valence-electron chi connectivity index (χ3n) is 5.49. The Bertz CT molecular complexity index is 724. The summed E-state index contributed by atoms with van der Waals surface area (Å²) in [5.41, 5.74) is 2.50. The van der Waals surface area contributed by atoms with Gasteiger partial charge in [0, 0.05) is 23.1 Å². The summed E-state index contributed by atoms with van der Waals surface area (Å²) in [6.07, 6.45) is 4.07. The molecule has 0 spiro atoms. The molecule has 24 heavy (non-hydrogen) atoms. The van der Waals surface area contributed by atoms with E-state index in [0.29, 0.717) is 5.92 Å². The van der Waals surface area contributed by atoms with Gasteiger partial charge in [0.05, 0.1) is 5.41 Å². The van der Waals surface area contributed by atoms with Crippen molar-refractivity contribution in [1.82, 2.24) is 5.32 Å². The first-order valence-electron chi connectivity index (χ1n) is 8.81. The molecule has 1 aliphatic heterocycles. The summed E-state index contributed by atoms with van der Waals surface area (Å²) in [6.45, 7) is 0.763. The molecule has 1 heterocycles. The Morgan fingerprint density at radius 1 is 1.08 bits per heavy atom. The van der Waals surface area contributed by atoms with E-state index in [9.17, 15) is 4.79 Å². The van der Waals surface area contributed by atoms with Crippen LogP contribution in [0.4, 0.5) is 0 Å². The number of benzene rings is 2.